The molecule has 0 aliphatic carbocycles. The summed E-state index contributed by atoms with van der Waals surface area (Å²) in [5, 5.41) is 18.5. The average Bonchev–Trinajstić information content (AvgIpc) is 2.62. The molecule has 132 valence electrons. The summed E-state index contributed by atoms with van der Waals surface area (Å²) in [6.07, 6.45) is 2.44. The van der Waals surface area contributed by atoms with E-state index in [1.165, 1.54) is 0 Å². The van der Waals surface area contributed by atoms with E-state index in [1.807, 2.05) is 49.1 Å². The van der Waals surface area contributed by atoms with Crippen molar-refractivity contribution >= 4 is 17.6 Å². The number of hydrogen-bond acceptors (Lipinski definition) is 4. The van der Waals surface area contributed by atoms with E-state index in [-0.39, 0.29) is 11.5 Å². The van der Waals surface area contributed by atoms with Crippen LogP contribution in [-0.4, -0.2) is 41.5 Å². The van der Waals surface area contributed by atoms with Crippen molar-refractivity contribution in [3.63, 3.8) is 0 Å². The maximum atomic E-state index is 12.6. The van der Waals surface area contributed by atoms with E-state index in [9.17, 15) is 14.9 Å². The fraction of sp³-hybridized carbons (Fsp3) is 0.421. The zero-order valence-electron chi connectivity index (χ0n) is 14.6. The highest BCUT2D eigenvalue weighted by molar-refractivity contribution is 5.97. The summed E-state index contributed by atoms with van der Waals surface area (Å²) < 4.78 is 0. The zero-order valence-corrected chi connectivity index (χ0v) is 14.6. The fourth-order valence-electron chi connectivity index (χ4n) is 2.94. The number of carboxylic acid groups (broad SMARTS) is 1. The van der Waals surface area contributed by atoms with Crippen LogP contribution in [0.2, 0.25) is 0 Å². The van der Waals surface area contributed by atoms with Gasteiger partial charge in [0.05, 0.1) is 5.92 Å². The van der Waals surface area contributed by atoms with Crippen molar-refractivity contribution in [3.05, 3.63) is 41.6 Å². The first kappa shape index (κ1) is 18.5. The first-order valence-corrected chi connectivity index (χ1v) is 8.43. The predicted octanol–water partition coefficient (Wildman–Crippen LogP) is 2.55. The molecule has 2 rings (SSSR count). The molecule has 0 spiro atoms. The quantitative estimate of drug-likeness (QED) is 0.657. The van der Waals surface area contributed by atoms with Crippen LogP contribution in [0.3, 0.4) is 0 Å². The number of aliphatic carboxylic acids is 1. The highest BCUT2D eigenvalue weighted by Gasteiger charge is 2.28. The van der Waals surface area contributed by atoms with Crippen LogP contribution in [0, 0.1) is 24.2 Å². The first-order valence-electron chi connectivity index (χ1n) is 8.43. The van der Waals surface area contributed by atoms with Gasteiger partial charge in [0.15, 0.2) is 0 Å². The van der Waals surface area contributed by atoms with Crippen LogP contribution >= 0.6 is 0 Å². The molecule has 0 bridgehead atoms. The van der Waals surface area contributed by atoms with Crippen LogP contribution in [0.4, 0.5) is 5.69 Å². The molecule has 1 heterocycles. The van der Waals surface area contributed by atoms with E-state index in [4.69, 9.17) is 5.11 Å². The SMILES string of the molecule is CCN(/C=C(/C#N)C(=O)N1CCC(C(=O)O)CC1)c1cccc(C)c1. The van der Waals surface area contributed by atoms with Gasteiger partial charge < -0.3 is 14.9 Å². The smallest absolute Gasteiger partial charge is 0.306 e. The van der Waals surface area contributed by atoms with Crippen LogP contribution in [0.1, 0.15) is 25.3 Å². The molecule has 0 saturated carbocycles. The van der Waals surface area contributed by atoms with E-state index in [0.29, 0.717) is 32.5 Å². The Morgan fingerprint density at radius 2 is 2.08 bits per heavy atom. The number of amides is 1. The molecule has 1 aromatic rings. The average molecular weight is 341 g/mol. The Labute approximate surface area is 148 Å². The monoisotopic (exact) mass is 341 g/mol. The molecular formula is C19H23N3O3. The van der Waals surface area contributed by atoms with Crippen LogP contribution in [-0.2, 0) is 9.59 Å². The highest BCUT2D eigenvalue weighted by Crippen LogP contribution is 2.21. The molecule has 1 aromatic carbocycles. The van der Waals surface area contributed by atoms with Gasteiger partial charge in [-0.1, -0.05) is 12.1 Å². The fourth-order valence-corrected chi connectivity index (χ4v) is 2.94. The van der Waals surface area contributed by atoms with E-state index < -0.39 is 11.9 Å². The van der Waals surface area contributed by atoms with Gasteiger partial charge in [-0.05, 0) is 44.4 Å². The number of nitriles is 1. The van der Waals surface area contributed by atoms with Gasteiger partial charge >= 0.3 is 5.97 Å². The molecule has 6 heteroatoms. The second kappa shape index (κ2) is 8.34. The Hall–Kier alpha value is -2.81. The summed E-state index contributed by atoms with van der Waals surface area (Å²) in [6, 6.07) is 9.85. The van der Waals surface area contributed by atoms with E-state index in [0.717, 1.165) is 11.3 Å². The van der Waals surface area contributed by atoms with Crippen molar-refractivity contribution in [1.29, 1.82) is 5.26 Å². The molecular weight excluding hydrogens is 318 g/mol. The molecule has 1 amide bonds. The Morgan fingerprint density at radius 1 is 1.40 bits per heavy atom. The van der Waals surface area contributed by atoms with Crippen LogP contribution in [0.15, 0.2) is 36.0 Å². The third-order valence-corrected chi connectivity index (χ3v) is 4.44. The van der Waals surface area contributed by atoms with Gasteiger partial charge in [-0.3, -0.25) is 9.59 Å². The van der Waals surface area contributed by atoms with Gasteiger partial charge in [-0.25, -0.2) is 0 Å². The van der Waals surface area contributed by atoms with Gasteiger partial charge in [0.2, 0.25) is 0 Å². The molecule has 0 radical (unpaired) electrons. The lowest BCUT2D eigenvalue weighted by Crippen LogP contribution is -2.41. The van der Waals surface area contributed by atoms with Crippen molar-refractivity contribution in [2.45, 2.75) is 26.7 Å². The summed E-state index contributed by atoms with van der Waals surface area (Å²) in [4.78, 5) is 27.1. The number of carbonyl (C=O) groups excluding carboxylic acids is 1. The topological polar surface area (TPSA) is 84.6 Å². The molecule has 1 aliphatic heterocycles. The zero-order chi connectivity index (χ0) is 18.4. The minimum absolute atomic E-state index is 0.0668. The number of nitrogens with zero attached hydrogens (tertiary/aromatic N) is 3. The summed E-state index contributed by atoms with van der Waals surface area (Å²) in [7, 11) is 0. The van der Waals surface area contributed by atoms with Gasteiger partial charge in [0.1, 0.15) is 11.6 Å². The number of rotatable bonds is 5. The molecule has 0 unspecified atom stereocenters. The second-order valence-corrected chi connectivity index (χ2v) is 6.18. The maximum absolute atomic E-state index is 12.6. The molecule has 25 heavy (non-hydrogen) atoms. The van der Waals surface area contributed by atoms with Gasteiger partial charge in [0.25, 0.3) is 5.91 Å². The van der Waals surface area contributed by atoms with Crippen LogP contribution < -0.4 is 4.90 Å². The van der Waals surface area contributed by atoms with Crippen molar-refractivity contribution in [3.8, 4) is 6.07 Å². The Morgan fingerprint density at radius 3 is 2.60 bits per heavy atom. The number of hydrogen-bond donors (Lipinski definition) is 1. The minimum Gasteiger partial charge on any atom is -0.481 e. The lowest BCUT2D eigenvalue weighted by Gasteiger charge is -2.30. The number of likely N-dealkylation sites (tertiary alicyclic amines) is 1. The molecule has 0 atom stereocenters. The van der Waals surface area contributed by atoms with Gasteiger partial charge in [-0.2, -0.15) is 5.26 Å². The van der Waals surface area contributed by atoms with Crippen molar-refractivity contribution in [1.82, 2.24) is 4.90 Å². The van der Waals surface area contributed by atoms with Gasteiger partial charge in [0, 0.05) is 31.5 Å². The third-order valence-electron chi connectivity index (χ3n) is 4.44. The Balaban J connectivity index is 2.14. The number of piperidine rings is 1. The Kier molecular flexibility index (Phi) is 6.18. The van der Waals surface area contributed by atoms with Crippen LogP contribution in [0.5, 0.6) is 0 Å². The third kappa shape index (κ3) is 4.60. The first-order chi connectivity index (χ1) is 12.0. The van der Waals surface area contributed by atoms with E-state index >= 15 is 0 Å². The van der Waals surface area contributed by atoms with E-state index in [2.05, 4.69) is 0 Å². The van der Waals surface area contributed by atoms with Gasteiger partial charge in [-0.15, -0.1) is 0 Å². The molecule has 0 aromatic heterocycles. The molecule has 1 aliphatic rings. The largest absolute Gasteiger partial charge is 0.481 e. The molecule has 1 saturated heterocycles. The molecule has 1 N–H and O–H groups in total. The number of carbonyl (C=O) groups is 2. The van der Waals surface area contributed by atoms with Crippen molar-refractivity contribution < 1.29 is 14.7 Å². The lowest BCUT2D eigenvalue weighted by molar-refractivity contribution is -0.145. The summed E-state index contributed by atoms with van der Waals surface area (Å²) in [6.45, 7) is 5.31. The predicted molar refractivity (Wildman–Crippen MR) is 94.8 cm³/mol. The van der Waals surface area contributed by atoms with Crippen molar-refractivity contribution in [2.24, 2.45) is 5.92 Å². The molecule has 1 fully saturated rings. The summed E-state index contributed by atoms with van der Waals surface area (Å²) >= 11 is 0. The minimum atomic E-state index is -0.820. The lowest BCUT2D eigenvalue weighted by atomic mass is 9.97. The van der Waals surface area contributed by atoms with Crippen LogP contribution in [0.25, 0.3) is 0 Å². The van der Waals surface area contributed by atoms with E-state index in [1.54, 1.807) is 11.1 Å². The van der Waals surface area contributed by atoms with Crippen molar-refractivity contribution in [2.75, 3.05) is 24.5 Å². The maximum Gasteiger partial charge on any atom is 0.306 e. The summed E-state index contributed by atoms with van der Waals surface area (Å²) in [5.74, 6) is -1.56. The second-order valence-electron chi connectivity index (χ2n) is 6.18. The Bertz CT molecular complexity index is 713. The number of carboxylic acids is 1. The number of benzene rings is 1. The number of anilines is 1. The standard InChI is InChI=1S/C19H23N3O3/c1-3-21(17-6-4-5-14(2)11-17)13-16(12-20)18(23)22-9-7-15(8-10-22)19(24)25/h4-6,11,13,15H,3,7-10H2,1-2H3,(H,24,25)/b16-13-. The molecule has 6 nitrogen and oxygen atoms in total. The highest BCUT2D eigenvalue weighted by atomic mass is 16.4. The normalized spacial score (nSPS) is 15.6. The number of aryl methyl sites for hydroxylation is 1. The summed E-state index contributed by atoms with van der Waals surface area (Å²) in [5.41, 5.74) is 2.09.